The molecule has 0 saturated carbocycles. The molecule has 2 fully saturated rings. The molecular weight excluding hydrogens is 500 g/mol. The molecule has 0 radical (unpaired) electrons. The van der Waals surface area contributed by atoms with Crippen LogP contribution < -0.4 is 21.7 Å². The van der Waals surface area contributed by atoms with Gasteiger partial charge in [0.15, 0.2) is 0 Å². The lowest BCUT2D eigenvalue weighted by Crippen LogP contribution is -2.46. The molecule has 3 aromatic rings. The summed E-state index contributed by atoms with van der Waals surface area (Å²) >= 11 is 0. The molecule has 2 aromatic carbocycles. The van der Waals surface area contributed by atoms with Crippen molar-refractivity contribution in [2.45, 2.75) is 0 Å². The standard InChI is InChI=1S/C31H42N8O/c32-28(23-36-15-21-38-17-11-34-12-18-38)24-5-1-2-6-25(24)29-9-10-30(40-29)26-7-3-4-8-27(26)31(33)37-16-22-39-19-13-35-14-20-39/h1-10,32,34-36H,11-23H2,(H2,33,37). The number of rotatable bonds is 12. The molecule has 6 N–H and O–H groups in total. The molecule has 0 aliphatic carbocycles. The molecule has 0 atom stereocenters. The first kappa shape index (κ1) is 28.2. The normalized spacial score (nSPS) is 17.2. The second kappa shape index (κ2) is 14.3. The number of nitrogens with two attached hydrogens (primary N) is 1. The predicted molar refractivity (Wildman–Crippen MR) is 163 cm³/mol. The minimum atomic E-state index is 0.514. The fourth-order valence-corrected chi connectivity index (χ4v) is 5.32. The fraction of sp³-hybridized carbons (Fsp3) is 0.419. The van der Waals surface area contributed by atoms with Crippen LogP contribution in [-0.2, 0) is 0 Å². The van der Waals surface area contributed by atoms with Crippen LogP contribution in [0.5, 0.6) is 0 Å². The molecule has 2 aliphatic rings. The van der Waals surface area contributed by atoms with E-state index in [1.54, 1.807) is 0 Å². The Morgan fingerprint density at radius 3 is 2.00 bits per heavy atom. The van der Waals surface area contributed by atoms with Crippen molar-refractivity contribution >= 4 is 11.5 Å². The van der Waals surface area contributed by atoms with Crippen molar-refractivity contribution in [3.63, 3.8) is 0 Å². The van der Waals surface area contributed by atoms with Crippen molar-refractivity contribution in [3.05, 3.63) is 71.8 Å². The first-order chi connectivity index (χ1) is 19.7. The van der Waals surface area contributed by atoms with E-state index in [-0.39, 0.29) is 0 Å². The van der Waals surface area contributed by atoms with Crippen LogP contribution in [0.1, 0.15) is 11.1 Å². The van der Waals surface area contributed by atoms with Gasteiger partial charge in [-0.3, -0.25) is 14.8 Å². The Hall–Kier alpha value is -3.34. The van der Waals surface area contributed by atoms with Crippen LogP contribution in [0.15, 0.2) is 70.1 Å². The van der Waals surface area contributed by atoms with Gasteiger partial charge in [0.2, 0.25) is 0 Å². The van der Waals surface area contributed by atoms with Crippen LogP contribution in [0.4, 0.5) is 0 Å². The predicted octanol–water partition coefficient (Wildman–Crippen LogP) is 2.09. The summed E-state index contributed by atoms with van der Waals surface area (Å²) in [7, 11) is 0. The molecule has 0 spiro atoms. The molecule has 212 valence electrons. The average molecular weight is 543 g/mol. The first-order valence-electron chi connectivity index (χ1n) is 14.4. The van der Waals surface area contributed by atoms with E-state index in [0.717, 1.165) is 106 Å². The number of hydrogen-bond acceptors (Lipinski definition) is 8. The number of benzene rings is 2. The van der Waals surface area contributed by atoms with E-state index in [0.29, 0.717) is 24.6 Å². The lowest BCUT2D eigenvalue weighted by Gasteiger charge is -2.27. The summed E-state index contributed by atoms with van der Waals surface area (Å²) in [4.78, 5) is 9.55. The van der Waals surface area contributed by atoms with Crippen LogP contribution in [0.25, 0.3) is 22.6 Å². The van der Waals surface area contributed by atoms with E-state index >= 15 is 0 Å². The van der Waals surface area contributed by atoms with Gasteiger partial charge in [-0.25, -0.2) is 0 Å². The number of nitrogens with one attached hydrogen (secondary N) is 4. The summed E-state index contributed by atoms with van der Waals surface area (Å²) in [5.74, 6) is 2.00. The molecule has 2 saturated heterocycles. The van der Waals surface area contributed by atoms with E-state index in [4.69, 9.17) is 20.6 Å². The number of amidine groups is 1. The van der Waals surface area contributed by atoms with Gasteiger partial charge in [0, 0.05) is 101 Å². The Bertz CT molecular complexity index is 1270. The third-order valence-corrected chi connectivity index (χ3v) is 7.62. The third kappa shape index (κ3) is 7.44. The maximum Gasteiger partial charge on any atom is 0.135 e. The first-order valence-corrected chi connectivity index (χ1v) is 14.4. The number of aliphatic imine (C=N–C) groups is 1. The number of hydrogen-bond donors (Lipinski definition) is 5. The van der Waals surface area contributed by atoms with E-state index in [9.17, 15) is 0 Å². The van der Waals surface area contributed by atoms with Gasteiger partial charge < -0.3 is 31.5 Å². The average Bonchev–Trinajstić information content (AvgIpc) is 3.50. The molecule has 1 aromatic heterocycles. The summed E-state index contributed by atoms with van der Waals surface area (Å²) in [5.41, 5.74) is 10.6. The Kier molecular flexibility index (Phi) is 10.1. The van der Waals surface area contributed by atoms with Crippen molar-refractivity contribution in [1.29, 1.82) is 5.41 Å². The van der Waals surface area contributed by atoms with Gasteiger partial charge in [-0.15, -0.1) is 0 Å². The Morgan fingerprint density at radius 2 is 1.35 bits per heavy atom. The second-order valence-corrected chi connectivity index (χ2v) is 10.4. The SMILES string of the molecule is N=C(CNCCN1CCNCC1)c1ccccc1-c1ccc(-c2ccccc2C(N)=NCCN2CCNCC2)o1. The molecular formula is C31H42N8O. The van der Waals surface area contributed by atoms with Crippen molar-refractivity contribution in [3.8, 4) is 22.6 Å². The van der Waals surface area contributed by atoms with Gasteiger partial charge in [-0.05, 0) is 12.1 Å². The zero-order chi connectivity index (χ0) is 27.6. The maximum atomic E-state index is 8.78. The Balaban J connectivity index is 1.24. The monoisotopic (exact) mass is 542 g/mol. The number of furan rings is 1. The van der Waals surface area contributed by atoms with Crippen LogP contribution in [-0.4, -0.2) is 106 Å². The summed E-state index contributed by atoms with van der Waals surface area (Å²) in [5, 5.41) is 19.0. The number of nitrogens with zero attached hydrogens (tertiary/aromatic N) is 3. The van der Waals surface area contributed by atoms with Gasteiger partial charge in [0.1, 0.15) is 17.4 Å². The molecule has 2 aliphatic heterocycles. The highest BCUT2D eigenvalue weighted by atomic mass is 16.3. The largest absolute Gasteiger partial charge is 0.456 e. The van der Waals surface area contributed by atoms with Crippen LogP contribution in [0.2, 0.25) is 0 Å². The van der Waals surface area contributed by atoms with E-state index in [1.807, 2.05) is 60.7 Å². The van der Waals surface area contributed by atoms with E-state index < -0.39 is 0 Å². The second-order valence-electron chi connectivity index (χ2n) is 10.4. The molecule has 9 heteroatoms. The Morgan fingerprint density at radius 1 is 0.800 bits per heavy atom. The van der Waals surface area contributed by atoms with Gasteiger partial charge in [-0.1, -0.05) is 48.5 Å². The molecule has 0 amide bonds. The maximum absolute atomic E-state index is 8.78. The van der Waals surface area contributed by atoms with Gasteiger partial charge in [0.25, 0.3) is 0 Å². The van der Waals surface area contributed by atoms with Crippen molar-refractivity contribution in [2.75, 3.05) is 85.1 Å². The number of piperazine rings is 2. The topological polar surface area (TPSA) is 118 Å². The minimum Gasteiger partial charge on any atom is -0.456 e. The molecule has 0 unspecified atom stereocenters. The quantitative estimate of drug-likeness (QED) is 0.135. The van der Waals surface area contributed by atoms with Crippen LogP contribution in [0, 0.1) is 5.41 Å². The summed E-state index contributed by atoms with van der Waals surface area (Å²) in [6.07, 6.45) is 0. The lowest BCUT2D eigenvalue weighted by atomic mass is 10.0. The van der Waals surface area contributed by atoms with Crippen molar-refractivity contribution < 1.29 is 4.42 Å². The van der Waals surface area contributed by atoms with Gasteiger partial charge in [0.05, 0.1) is 12.3 Å². The smallest absolute Gasteiger partial charge is 0.135 e. The fourth-order valence-electron chi connectivity index (χ4n) is 5.32. The Labute approximate surface area is 237 Å². The molecule has 9 nitrogen and oxygen atoms in total. The van der Waals surface area contributed by atoms with Crippen molar-refractivity contribution in [1.82, 2.24) is 25.8 Å². The van der Waals surface area contributed by atoms with Crippen LogP contribution >= 0.6 is 0 Å². The molecule has 3 heterocycles. The van der Waals surface area contributed by atoms with Gasteiger partial charge in [-0.2, -0.15) is 0 Å². The van der Waals surface area contributed by atoms with Gasteiger partial charge >= 0.3 is 0 Å². The van der Waals surface area contributed by atoms with Crippen molar-refractivity contribution in [2.24, 2.45) is 10.7 Å². The van der Waals surface area contributed by atoms with E-state index in [2.05, 4.69) is 25.8 Å². The third-order valence-electron chi connectivity index (χ3n) is 7.62. The highest BCUT2D eigenvalue weighted by molar-refractivity contribution is 6.05. The molecule has 0 bridgehead atoms. The van der Waals surface area contributed by atoms with Crippen LogP contribution in [0.3, 0.4) is 0 Å². The summed E-state index contributed by atoms with van der Waals surface area (Å²) in [6.45, 7) is 12.4. The lowest BCUT2D eigenvalue weighted by molar-refractivity contribution is 0.242. The highest BCUT2D eigenvalue weighted by Crippen LogP contribution is 2.32. The summed E-state index contributed by atoms with van der Waals surface area (Å²) in [6, 6.07) is 19.9. The summed E-state index contributed by atoms with van der Waals surface area (Å²) < 4.78 is 6.39. The zero-order valence-corrected chi connectivity index (χ0v) is 23.3. The molecule has 40 heavy (non-hydrogen) atoms. The highest BCUT2D eigenvalue weighted by Gasteiger charge is 2.17. The minimum absolute atomic E-state index is 0.514. The zero-order valence-electron chi connectivity index (χ0n) is 23.3. The van der Waals surface area contributed by atoms with E-state index in [1.165, 1.54) is 0 Å². The molecule has 5 rings (SSSR count).